The molecule has 1 amide bonds. The van der Waals surface area contributed by atoms with E-state index in [0.717, 1.165) is 6.07 Å². The molecule has 25 heavy (non-hydrogen) atoms. The Bertz CT molecular complexity index is 653. The van der Waals surface area contributed by atoms with Crippen LogP contribution in [0.1, 0.15) is 20.8 Å². The average molecular weight is 356 g/mol. The van der Waals surface area contributed by atoms with Gasteiger partial charge in [0, 0.05) is 0 Å². The van der Waals surface area contributed by atoms with Gasteiger partial charge in [0.25, 0.3) is 0 Å². The fraction of sp³-hybridized carbons (Fsp3) is 0.467. The predicted molar refractivity (Wildman–Crippen MR) is 85.9 cm³/mol. The van der Waals surface area contributed by atoms with Gasteiger partial charge in [-0.05, 0) is 32.9 Å². The summed E-state index contributed by atoms with van der Waals surface area (Å²) in [6.07, 6.45) is -0.937. The first-order valence-corrected chi connectivity index (χ1v) is 7.21. The third-order valence-electron chi connectivity index (χ3n) is 2.76. The van der Waals surface area contributed by atoms with Crippen LogP contribution in [-0.4, -0.2) is 47.5 Å². The van der Waals surface area contributed by atoms with Gasteiger partial charge in [-0.2, -0.15) is 0 Å². The first-order valence-electron chi connectivity index (χ1n) is 7.21. The second-order valence-corrected chi connectivity index (χ2v) is 5.94. The normalized spacial score (nSPS) is 12.0. The van der Waals surface area contributed by atoms with Gasteiger partial charge in [-0.3, -0.25) is 10.1 Å². The molecular weight excluding hydrogens is 336 g/mol. The van der Waals surface area contributed by atoms with E-state index in [1.54, 1.807) is 20.8 Å². The van der Waals surface area contributed by atoms with Crippen LogP contribution in [0.4, 0.5) is 10.5 Å². The number of amides is 1. The molecule has 0 aliphatic rings. The Balaban J connectivity index is 2.83. The molecule has 1 aromatic rings. The van der Waals surface area contributed by atoms with Crippen molar-refractivity contribution in [1.29, 1.82) is 0 Å². The zero-order chi connectivity index (χ0) is 19.2. The number of benzene rings is 1. The van der Waals surface area contributed by atoms with Crippen molar-refractivity contribution >= 4 is 17.7 Å². The van der Waals surface area contributed by atoms with Crippen molar-refractivity contribution in [1.82, 2.24) is 5.32 Å². The molecule has 1 aromatic carbocycles. The van der Waals surface area contributed by atoms with Gasteiger partial charge in [-0.15, -0.1) is 0 Å². The minimum atomic E-state index is -1.45. The number of carboxylic acids is 1. The van der Waals surface area contributed by atoms with Crippen molar-refractivity contribution in [3.8, 4) is 11.5 Å². The van der Waals surface area contributed by atoms with Crippen LogP contribution in [0.5, 0.6) is 11.5 Å². The summed E-state index contributed by atoms with van der Waals surface area (Å²) in [7, 11) is 1.35. The fourth-order valence-corrected chi connectivity index (χ4v) is 1.69. The first kappa shape index (κ1) is 20.0. The second-order valence-electron chi connectivity index (χ2n) is 5.94. The van der Waals surface area contributed by atoms with E-state index in [-0.39, 0.29) is 17.2 Å². The molecule has 0 heterocycles. The first-order chi connectivity index (χ1) is 11.5. The van der Waals surface area contributed by atoms with Crippen LogP contribution in [-0.2, 0) is 9.53 Å². The van der Waals surface area contributed by atoms with E-state index in [2.05, 4.69) is 5.32 Å². The van der Waals surface area contributed by atoms with E-state index in [9.17, 15) is 19.7 Å². The van der Waals surface area contributed by atoms with E-state index in [1.807, 2.05) is 0 Å². The van der Waals surface area contributed by atoms with Gasteiger partial charge in [-0.1, -0.05) is 0 Å². The van der Waals surface area contributed by atoms with Gasteiger partial charge >= 0.3 is 17.7 Å². The summed E-state index contributed by atoms with van der Waals surface area (Å²) in [5.74, 6) is -1.27. The number of alkyl carbamates (subject to hydrolysis) is 1. The van der Waals surface area contributed by atoms with Gasteiger partial charge in [-0.25, -0.2) is 9.59 Å². The number of carbonyl (C=O) groups excluding carboxylic acids is 1. The van der Waals surface area contributed by atoms with E-state index in [1.165, 1.54) is 19.2 Å². The number of aliphatic carboxylic acids is 1. The zero-order valence-corrected chi connectivity index (χ0v) is 14.3. The molecule has 0 saturated heterocycles. The Kier molecular flexibility index (Phi) is 6.54. The van der Waals surface area contributed by atoms with Crippen LogP contribution in [0.3, 0.4) is 0 Å². The lowest BCUT2D eigenvalue weighted by atomic mass is 10.2. The van der Waals surface area contributed by atoms with Gasteiger partial charge < -0.3 is 24.6 Å². The molecule has 0 unspecified atom stereocenters. The highest BCUT2D eigenvalue weighted by Crippen LogP contribution is 2.31. The summed E-state index contributed by atoms with van der Waals surface area (Å²) in [4.78, 5) is 33.3. The molecule has 0 radical (unpaired) electrons. The SMILES string of the molecule is COc1ccc(OC[C@H](NC(=O)OC(C)(C)C)C(=O)O)c([N+](=O)[O-])c1. The number of nitrogens with one attached hydrogen (secondary N) is 1. The van der Waals surface area contributed by atoms with Gasteiger partial charge in [0.15, 0.2) is 11.8 Å². The zero-order valence-electron chi connectivity index (χ0n) is 14.3. The van der Waals surface area contributed by atoms with Crippen molar-refractivity contribution in [2.45, 2.75) is 32.4 Å². The Morgan fingerprint density at radius 2 is 2.00 bits per heavy atom. The summed E-state index contributed by atoms with van der Waals surface area (Å²) in [5, 5.41) is 22.4. The number of methoxy groups -OCH3 is 1. The number of nitrogens with zero attached hydrogens (tertiary/aromatic N) is 1. The number of nitro benzene ring substituents is 1. The molecule has 1 atom stereocenters. The lowest BCUT2D eigenvalue weighted by Crippen LogP contribution is -2.46. The highest BCUT2D eigenvalue weighted by atomic mass is 16.6. The lowest BCUT2D eigenvalue weighted by molar-refractivity contribution is -0.386. The summed E-state index contributed by atoms with van der Waals surface area (Å²) in [6, 6.07) is 2.41. The van der Waals surface area contributed by atoms with Crippen LogP contribution >= 0.6 is 0 Å². The van der Waals surface area contributed by atoms with E-state index in [0.29, 0.717) is 0 Å². The third kappa shape index (κ3) is 6.53. The molecule has 10 nitrogen and oxygen atoms in total. The molecule has 138 valence electrons. The third-order valence-corrected chi connectivity index (χ3v) is 2.76. The molecule has 2 N–H and O–H groups in total. The summed E-state index contributed by atoms with van der Waals surface area (Å²) in [5.41, 5.74) is -1.19. The maximum Gasteiger partial charge on any atom is 0.408 e. The number of carboxylic acid groups (broad SMARTS) is 1. The Labute approximate surface area is 143 Å². The number of hydrogen-bond acceptors (Lipinski definition) is 7. The molecule has 0 spiro atoms. The smallest absolute Gasteiger partial charge is 0.408 e. The Morgan fingerprint density at radius 3 is 2.48 bits per heavy atom. The quantitative estimate of drug-likeness (QED) is 0.558. The van der Waals surface area contributed by atoms with Crippen molar-refractivity contribution < 1.29 is 33.8 Å². The topological polar surface area (TPSA) is 137 Å². The molecule has 1 rings (SSSR count). The minimum absolute atomic E-state index is 0.150. The molecule has 0 saturated carbocycles. The summed E-state index contributed by atoms with van der Waals surface area (Å²) < 4.78 is 15.1. The molecule has 0 aliphatic carbocycles. The van der Waals surface area contributed by atoms with Crippen LogP contribution in [0, 0.1) is 10.1 Å². The van der Waals surface area contributed by atoms with Gasteiger partial charge in [0.2, 0.25) is 0 Å². The van der Waals surface area contributed by atoms with Gasteiger partial charge in [0.05, 0.1) is 18.1 Å². The van der Waals surface area contributed by atoms with Crippen LogP contribution in [0.2, 0.25) is 0 Å². The van der Waals surface area contributed by atoms with E-state index < -0.39 is 35.2 Å². The Morgan fingerprint density at radius 1 is 1.36 bits per heavy atom. The summed E-state index contributed by atoms with van der Waals surface area (Å²) >= 11 is 0. The number of nitro groups is 1. The van der Waals surface area contributed by atoms with Crippen molar-refractivity contribution in [3.63, 3.8) is 0 Å². The molecule has 10 heteroatoms. The average Bonchev–Trinajstić information content (AvgIpc) is 2.49. The van der Waals surface area contributed by atoms with E-state index >= 15 is 0 Å². The highest BCUT2D eigenvalue weighted by molar-refractivity contribution is 5.80. The summed E-state index contributed by atoms with van der Waals surface area (Å²) in [6.45, 7) is 4.35. The molecular formula is C15H20N2O8. The van der Waals surface area contributed by atoms with E-state index in [4.69, 9.17) is 19.3 Å². The minimum Gasteiger partial charge on any atom is -0.496 e. The van der Waals surface area contributed by atoms with Crippen LogP contribution in [0.25, 0.3) is 0 Å². The van der Waals surface area contributed by atoms with Crippen molar-refractivity contribution in [2.24, 2.45) is 0 Å². The van der Waals surface area contributed by atoms with Crippen molar-refractivity contribution in [3.05, 3.63) is 28.3 Å². The predicted octanol–water partition coefficient (Wildman–Crippen LogP) is 1.96. The second kappa shape index (κ2) is 8.18. The number of hydrogen-bond donors (Lipinski definition) is 2. The number of rotatable bonds is 7. The molecule has 0 aliphatic heterocycles. The van der Waals surface area contributed by atoms with Crippen molar-refractivity contribution in [2.75, 3.05) is 13.7 Å². The standard InChI is InChI=1S/C15H20N2O8/c1-15(2,3)25-14(20)16-10(13(18)19)8-24-12-6-5-9(23-4)7-11(12)17(21)22/h5-7,10H,8H2,1-4H3,(H,16,20)(H,18,19)/t10-/m0/s1. The van der Waals surface area contributed by atoms with Crippen LogP contribution < -0.4 is 14.8 Å². The number of ether oxygens (including phenoxy) is 3. The monoisotopic (exact) mass is 356 g/mol. The molecule has 0 aromatic heterocycles. The van der Waals surface area contributed by atoms with Gasteiger partial charge in [0.1, 0.15) is 18.0 Å². The highest BCUT2D eigenvalue weighted by Gasteiger charge is 2.26. The largest absolute Gasteiger partial charge is 0.496 e. The number of carbonyl (C=O) groups is 2. The molecule has 0 bridgehead atoms. The Hall–Kier alpha value is -3.04. The molecule has 0 fully saturated rings. The van der Waals surface area contributed by atoms with Crippen LogP contribution in [0.15, 0.2) is 18.2 Å². The lowest BCUT2D eigenvalue weighted by Gasteiger charge is -2.22. The fourth-order valence-electron chi connectivity index (χ4n) is 1.69. The maximum atomic E-state index is 11.7. The maximum absolute atomic E-state index is 11.7.